The summed E-state index contributed by atoms with van der Waals surface area (Å²) < 4.78 is 5.88. The van der Waals surface area contributed by atoms with E-state index < -0.39 is 17.9 Å². The van der Waals surface area contributed by atoms with Crippen LogP contribution in [0.1, 0.15) is 12.0 Å². The smallest absolute Gasteiger partial charge is 0.241 e. The number of primary amides is 1. The highest BCUT2D eigenvalue weighted by atomic mass is 79.9. The van der Waals surface area contributed by atoms with Crippen LogP contribution in [0, 0.1) is 0 Å². The van der Waals surface area contributed by atoms with E-state index in [0.29, 0.717) is 12.3 Å². The number of halogens is 1. The summed E-state index contributed by atoms with van der Waals surface area (Å²) in [5, 5.41) is 2.66. The lowest BCUT2D eigenvalue weighted by molar-refractivity contribution is -0.123. The van der Waals surface area contributed by atoms with E-state index in [1.165, 1.54) is 0 Å². The van der Waals surface area contributed by atoms with Gasteiger partial charge in [0.05, 0.1) is 19.1 Å². The molecule has 0 aliphatic rings. The second-order valence-electron chi connectivity index (χ2n) is 3.97. The lowest BCUT2D eigenvalue weighted by Gasteiger charge is -2.14. The molecule has 1 aromatic carbocycles. The van der Waals surface area contributed by atoms with Crippen molar-refractivity contribution in [2.75, 3.05) is 12.4 Å². The Bertz CT molecular complexity index is 479. The van der Waals surface area contributed by atoms with Gasteiger partial charge >= 0.3 is 0 Å². The van der Waals surface area contributed by atoms with Gasteiger partial charge in [-0.3, -0.25) is 9.59 Å². The van der Waals surface area contributed by atoms with Gasteiger partial charge in [-0.15, -0.1) is 0 Å². The van der Waals surface area contributed by atoms with E-state index in [1.54, 1.807) is 19.2 Å². The molecule has 1 unspecified atom stereocenters. The first-order chi connectivity index (χ1) is 8.95. The molecule has 0 saturated carbocycles. The molecule has 0 fully saturated rings. The SMILES string of the molecule is COCc1c(Br)cccc1NC(=O)C(N)CC(N)=O. The van der Waals surface area contributed by atoms with Crippen molar-refractivity contribution in [2.24, 2.45) is 11.5 Å². The number of anilines is 1. The van der Waals surface area contributed by atoms with Crippen LogP contribution in [0.25, 0.3) is 0 Å². The van der Waals surface area contributed by atoms with E-state index >= 15 is 0 Å². The highest BCUT2D eigenvalue weighted by Crippen LogP contribution is 2.25. The van der Waals surface area contributed by atoms with Gasteiger partial charge < -0.3 is 21.5 Å². The van der Waals surface area contributed by atoms with Crippen LogP contribution in [0.2, 0.25) is 0 Å². The van der Waals surface area contributed by atoms with Gasteiger partial charge in [0, 0.05) is 22.8 Å². The number of rotatable bonds is 6. The number of carbonyl (C=O) groups excluding carboxylic acids is 2. The molecule has 19 heavy (non-hydrogen) atoms. The molecular formula is C12H16BrN3O3. The molecule has 0 aromatic heterocycles. The third kappa shape index (κ3) is 4.62. The van der Waals surface area contributed by atoms with Crippen LogP contribution in [0.5, 0.6) is 0 Å². The summed E-state index contributed by atoms with van der Waals surface area (Å²) in [6.45, 7) is 0.335. The number of ether oxygens (including phenoxy) is 1. The predicted octanol–water partition coefficient (Wildman–Crippen LogP) is 0.737. The van der Waals surface area contributed by atoms with Crippen molar-refractivity contribution in [2.45, 2.75) is 19.1 Å². The van der Waals surface area contributed by atoms with Crippen molar-refractivity contribution in [3.63, 3.8) is 0 Å². The molecule has 2 amide bonds. The van der Waals surface area contributed by atoms with Gasteiger partial charge in [0.2, 0.25) is 11.8 Å². The summed E-state index contributed by atoms with van der Waals surface area (Å²) in [6, 6.07) is 4.38. The van der Waals surface area contributed by atoms with Gasteiger partial charge in [0.1, 0.15) is 0 Å². The van der Waals surface area contributed by atoms with Gasteiger partial charge in [0.25, 0.3) is 0 Å². The van der Waals surface area contributed by atoms with Gasteiger partial charge in [-0.25, -0.2) is 0 Å². The zero-order chi connectivity index (χ0) is 14.4. The van der Waals surface area contributed by atoms with E-state index in [2.05, 4.69) is 21.2 Å². The minimum atomic E-state index is -0.966. The first-order valence-electron chi connectivity index (χ1n) is 5.56. The summed E-state index contributed by atoms with van der Waals surface area (Å²) >= 11 is 3.38. The van der Waals surface area contributed by atoms with Gasteiger partial charge in [-0.2, -0.15) is 0 Å². The molecule has 7 heteroatoms. The number of nitrogens with two attached hydrogens (primary N) is 2. The van der Waals surface area contributed by atoms with Crippen molar-refractivity contribution in [3.05, 3.63) is 28.2 Å². The van der Waals surface area contributed by atoms with Crippen LogP contribution in [-0.2, 0) is 20.9 Å². The van der Waals surface area contributed by atoms with E-state index in [0.717, 1.165) is 10.0 Å². The highest BCUT2D eigenvalue weighted by molar-refractivity contribution is 9.10. The molecule has 0 bridgehead atoms. The second kappa shape index (κ2) is 7.22. The highest BCUT2D eigenvalue weighted by Gasteiger charge is 2.17. The third-order valence-corrected chi connectivity index (χ3v) is 3.17. The average Bonchev–Trinajstić information content (AvgIpc) is 2.32. The molecule has 0 aliphatic carbocycles. The maximum atomic E-state index is 11.8. The molecule has 104 valence electrons. The molecule has 1 aromatic rings. The van der Waals surface area contributed by atoms with Crippen LogP contribution < -0.4 is 16.8 Å². The Morgan fingerprint density at radius 2 is 2.16 bits per heavy atom. The van der Waals surface area contributed by atoms with Crippen molar-refractivity contribution in [1.82, 2.24) is 0 Å². The lowest BCUT2D eigenvalue weighted by Crippen LogP contribution is -2.39. The fourth-order valence-corrected chi connectivity index (χ4v) is 1.98. The maximum Gasteiger partial charge on any atom is 0.241 e. The molecule has 0 spiro atoms. The molecule has 1 rings (SSSR count). The first-order valence-corrected chi connectivity index (χ1v) is 6.36. The molecule has 0 saturated heterocycles. The first kappa shape index (κ1) is 15.6. The molecule has 0 heterocycles. The number of hydrogen-bond acceptors (Lipinski definition) is 4. The van der Waals surface area contributed by atoms with Gasteiger partial charge in [-0.1, -0.05) is 22.0 Å². The quantitative estimate of drug-likeness (QED) is 0.715. The number of carbonyl (C=O) groups is 2. The van der Waals surface area contributed by atoms with Crippen molar-refractivity contribution < 1.29 is 14.3 Å². The molecule has 0 aliphatic heterocycles. The Morgan fingerprint density at radius 3 is 2.74 bits per heavy atom. The van der Waals surface area contributed by atoms with Crippen molar-refractivity contribution in [1.29, 1.82) is 0 Å². The number of benzene rings is 1. The summed E-state index contributed by atoms with van der Waals surface area (Å²) in [5.74, 6) is -1.08. The number of amides is 2. The van der Waals surface area contributed by atoms with E-state index in [9.17, 15) is 9.59 Å². The van der Waals surface area contributed by atoms with Crippen LogP contribution in [0.3, 0.4) is 0 Å². The van der Waals surface area contributed by atoms with E-state index in [1.807, 2.05) is 6.07 Å². The minimum absolute atomic E-state index is 0.195. The average molecular weight is 330 g/mol. The predicted molar refractivity (Wildman–Crippen MR) is 75.3 cm³/mol. The van der Waals surface area contributed by atoms with Crippen molar-refractivity contribution in [3.8, 4) is 0 Å². The normalized spacial score (nSPS) is 11.9. The summed E-state index contributed by atoms with van der Waals surface area (Å²) in [7, 11) is 1.56. The third-order valence-electron chi connectivity index (χ3n) is 2.42. The zero-order valence-electron chi connectivity index (χ0n) is 10.5. The number of nitrogens with one attached hydrogen (secondary N) is 1. The van der Waals surface area contributed by atoms with Gasteiger partial charge in [-0.05, 0) is 12.1 Å². The lowest BCUT2D eigenvalue weighted by atomic mass is 10.1. The topological polar surface area (TPSA) is 107 Å². The molecule has 5 N–H and O–H groups in total. The van der Waals surface area contributed by atoms with Crippen LogP contribution in [0.4, 0.5) is 5.69 Å². The Morgan fingerprint density at radius 1 is 1.47 bits per heavy atom. The van der Waals surface area contributed by atoms with Crippen molar-refractivity contribution >= 4 is 33.4 Å². The number of hydrogen-bond donors (Lipinski definition) is 3. The van der Waals surface area contributed by atoms with Crippen LogP contribution in [-0.4, -0.2) is 25.0 Å². The monoisotopic (exact) mass is 329 g/mol. The maximum absolute atomic E-state index is 11.8. The fourth-order valence-electron chi connectivity index (χ4n) is 1.50. The Kier molecular flexibility index (Phi) is 5.94. The van der Waals surface area contributed by atoms with E-state index in [-0.39, 0.29) is 6.42 Å². The van der Waals surface area contributed by atoms with E-state index in [4.69, 9.17) is 16.2 Å². The standard InChI is InChI=1S/C12H16BrN3O3/c1-19-6-7-8(13)3-2-4-10(7)16-12(18)9(14)5-11(15)17/h2-4,9H,5-6,14H2,1H3,(H2,15,17)(H,16,18). The molecule has 1 atom stereocenters. The second-order valence-corrected chi connectivity index (χ2v) is 4.82. The number of methoxy groups -OCH3 is 1. The Hall–Kier alpha value is -1.44. The summed E-state index contributed by atoms with van der Waals surface area (Å²) in [6.07, 6.45) is -0.195. The zero-order valence-corrected chi connectivity index (χ0v) is 12.1. The Balaban J connectivity index is 2.84. The summed E-state index contributed by atoms with van der Waals surface area (Å²) in [4.78, 5) is 22.5. The largest absolute Gasteiger partial charge is 0.380 e. The summed E-state index contributed by atoms with van der Waals surface area (Å²) in [5.41, 5.74) is 12.0. The van der Waals surface area contributed by atoms with Crippen LogP contribution in [0.15, 0.2) is 22.7 Å². The van der Waals surface area contributed by atoms with Crippen LogP contribution >= 0.6 is 15.9 Å². The molecular weight excluding hydrogens is 314 g/mol. The van der Waals surface area contributed by atoms with Gasteiger partial charge in [0.15, 0.2) is 0 Å². The fraction of sp³-hybridized carbons (Fsp3) is 0.333. The minimum Gasteiger partial charge on any atom is -0.380 e. The molecule has 0 radical (unpaired) electrons. The molecule has 6 nitrogen and oxygen atoms in total. The Labute approximate surface area is 119 Å².